The summed E-state index contributed by atoms with van der Waals surface area (Å²) in [5.74, 6) is -15.9. The number of amides is 12. The molecule has 0 aromatic heterocycles. The van der Waals surface area contributed by atoms with Crippen LogP contribution < -0.4 is 92.5 Å². The number of aliphatic carboxylic acids is 2. The summed E-state index contributed by atoms with van der Waals surface area (Å²) in [4.78, 5) is 191. The molecular weight excluding hydrogens is 1340 g/mol. The lowest BCUT2D eigenvalue weighted by Gasteiger charge is -2.30. The van der Waals surface area contributed by atoms with E-state index in [0.29, 0.717) is 76.4 Å². The van der Waals surface area contributed by atoms with Gasteiger partial charge >= 0.3 is 11.9 Å². The summed E-state index contributed by atoms with van der Waals surface area (Å²) in [6.45, 7) is 17.5. The molecule has 1 rings (SSSR count). The van der Waals surface area contributed by atoms with E-state index in [1.165, 1.54) is 65.8 Å². The Labute approximate surface area is 603 Å². The Balaban J connectivity index is 3.39. The van der Waals surface area contributed by atoms with Crippen molar-refractivity contribution in [1.82, 2.24) is 63.8 Å². The average molecular weight is 1460 g/mol. The molecule has 0 saturated heterocycles. The molecule has 12 amide bonds. The lowest BCUT2D eigenvalue weighted by molar-refractivity contribution is -0.144. The average Bonchev–Trinajstić information content (AvgIpc) is 0.851. The number of aromatic hydroxyl groups is 1. The van der Waals surface area contributed by atoms with Gasteiger partial charge in [-0.05, 0) is 165 Å². The van der Waals surface area contributed by atoms with Crippen molar-refractivity contribution < 1.29 is 87.5 Å². The summed E-state index contributed by atoms with van der Waals surface area (Å²) in [5, 5.41) is 70.6. The van der Waals surface area contributed by atoms with Crippen LogP contribution >= 0.6 is 0 Å². The third kappa shape index (κ3) is 34.5. The van der Waals surface area contributed by atoms with Crippen molar-refractivity contribution in [3.63, 3.8) is 0 Å². The molecule has 103 heavy (non-hydrogen) atoms. The first-order valence-electron chi connectivity index (χ1n) is 35.5. The third-order valence-electron chi connectivity index (χ3n) is 16.9. The van der Waals surface area contributed by atoms with E-state index >= 15 is 0 Å². The van der Waals surface area contributed by atoms with Crippen molar-refractivity contribution >= 4 is 82.8 Å². The van der Waals surface area contributed by atoms with Crippen molar-refractivity contribution in [1.29, 1.82) is 0 Å². The molecule has 0 aliphatic rings. The predicted molar refractivity (Wildman–Crippen MR) is 381 cm³/mol. The smallest absolute Gasteiger partial charge is 0.326 e. The summed E-state index contributed by atoms with van der Waals surface area (Å²) in [6.07, 6.45) is 1.54. The van der Waals surface area contributed by atoms with E-state index in [4.69, 9.17) is 28.7 Å². The van der Waals surface area contributed by atoms with Gasteiger partial charge in [0, 0.05) is 12.8 Å². The molecule has 0 saturated carbocycles. The van der Waals surface area contributed by atoms with Crippen LogP contribution in [0, 0.1) is 23.7 Å². The number of aliphatic hydroxyl groups excluding tert-OH is 1. The van der Waals surface area contributed by atoms with Gasteiger partial charge in [-0.25, -0.2) is 4.79 Å². The molecule has 0 fully saturated rings. The Kier molecular flexibility index (Phi) is 43.3. The zero-order valence-electron chi connectivity index (χ0n) is 61.5. The third-order valence-corrected chi connectivity index (χ3v) is 16.9. The first kappa shape index (κ1) is 92.4. The number of carboxylic acids is 2. The molecule has 26 N–H and O–H groups in total. The number of phenolic OH excluding ortho intramolecular Hbond substituents is 1. The Bertz CT molecular complexity index is 2920. The predicted octanol–water partition coefficient (Wildman–Crippen LogP) is -3.41. The van der Waals surface area contributed by atoms with Crippen molar-refractivity contribution in [2.45, 2.75) is 257 Å². The van der Waals surface area contributed by atoms with Gasteiger partial charge in [0.15, 0.2) is 0 Å². The van der Waals surface area contributed by atoms with Gasteiger partial charge in [-0.1, -0.05) is 73.9 Å². The van der Waals surface area contributed by atoms with Crippen molar-refractivity contribution in [2.24, 2.45) is 52.3 Å². The van der Waals surface area contributed by atoms with Gasteiger partial charge in [-0.3, -0.25) is 62.3 Å². The second-order valence-corrected chi connectivity index (χ2v) is 27.3. The number of carbonyl (C=O) groups is 14. The van der Waals surface area contributed by atoms with E-state index in [1.807, 2.05) is 0 Å². The van der Waals surface area contributed by atoms with Crippen molar-refractivity contribution in [3.8, 4) is 5.75 Å². The Hall–Kier alpha value is -8.64. The zero-order chi connectivity index (χ0) is 78.4. The maximum atomic E-state index is 14.3. The second-order valence-electron chi connectivity index (χ2n) is 27.3. The number of carboxylic acid groups (broad SMARTS) is 2. The maximum absolute atomic E-state index is 14.3. The Morgan fingerprint density at radius 3 is 1.02 bits per heavy atom. The van der Waals surface area contributed by atoms with Crippen molar-refractivity contribution in [2.75, 3.05) is 26.2 Å². The van der Waals surface area contributed by atoms with Crippen LogP contribution in [0.3, 0.4) is 0 Å². The summed E-state index contributed by atoms with van der Waals surface area (Å²) in [7, 11) is 0. The fraction of sp³-hybridized carbons (Fsp3) is 0.706. The van der Waals surface area contributed by atoms with E-state index in [0.717, 1.165) is 6.92 Å². The van der Waals surface area contributed by atoms with Gasteiger partial charge in [0.05, 0.1) is 12.1 Å². The van der Waals surface area contributed by atoms with Crippen LogP contribution in [-0.2, 0) is 73.5 Å². The normalized spacial score (nSPS) is 15.5. The molecule has 0 unspecified atom stereocenters. The topological polar surface area (TPSA) is 594 Å². The fourth-order valence-corrected chi connectivity index (χ4v) is 10.5. The Morgan fingerprint density at radius 1 is 0.340 bits per heavy atom. The van der Waals surface area contributed by atoms with Crippen LogP contribution in [0.2, 0.25) is 0 Å². The molecule has 584 valence electrons. The summed E-state index contributed by atoms with van der Waals surface area (Å²) in [6, 6.07) is -12.4. The lowest BCUT2D eigenvalue weighted by atomic mass is 9.98. The molecule has 0 aliphatic heterocycles. The highest BCUT2D eigenvalue weighted by molar-refractivity contribution is 6.00. The number of rotatable bonds is 51. The Morgan fingerprint density at radius 2 is 0.631 bits per heavy atom. The molecular formula is C68H119N17O18. The number of hydrogen-bond acceptors (Lipinski definition) is 21. The number of benzene rings is 1. The summed E-state index contributed by atoms with van der Waals surface area (Å²) < 4.78 is 0. The molecule has 14 atom stereocenters. The van der Waals surface area contributed by atoms with Crippen LogP contribution in [0.4, 0.5) is 0 Å². The number of aliphatic hydroxyl groups is 1. The second kappa shape index (κ2) is 48.3. The first-order chi connectivity index (χ1) is 48.3. The van der Waals surface area contributed by atoms with Gasteiger partial charge in [0.1, 0.15) is 78.3 Å². The molecule has 0 spiro atoms. The molecule has 0 heterocycles. The number of nitrogens with one attached hydrogen (secondary N) is 12. The molecule has 35 heteroatoms. The highest BCUT2D eigenvalue weighted by Gasteiger charge is 2.39. The molecule has 0 aliphatic carbocycles. The summed E-state index contributed by atoms with van der Waals surface area (Å²) >= 11 is 0. The van der Waals surface area contributed by atoms with E-state index in [1.54, 1.807) is 27.7 Å². The van der Waals surface area contributed by atoms with E-state index < -0.39 is 204 Å². The fourth-order valence-electron chi connectivity index (χ4n) is 10.5. The van der Waals surface area contributed by atoms with Gasteiger partial charge < -0.3 is 113 Å². The SMILES string of the molecule is CC(C)[C@H](NC(=O)[C@H](CCC(=O)O)NC(=O)[C@@H](NC(=O)[C@H](Cc1ccc(O)cc1)NC(=O)[C@@H](NC(=O)[C@H](C)NC(=O)[C@H](C)NC(=O)[C@@H](NC(=O)[C@@H](NC(=O)[C@H](CCCCN)NC(=O)[C@H](CCCCN)NC(=O)[C@H](CCCCN)NC(=O)[C@@H](N)CCCCN)C(C)C)C(C)C)[C@@H](C)O)C(C)C)C(=O)O. The van der Waals surface area contributed by atoms with E-state index in [2.05, 4.69) is 63.8 Å². The van der Waals surface area contributed by atoms with Gasteiger partial charge in [-0.2, -0.15) is 0 Å². The van der Waals surface area contributed by atoms with Crippen LogP contribution in [0.1, 0.15) is 172 Å². The number of nitrogens with two attached hydrogens (primary N) is 5. The van der Waals surface area contributed by atoms with Crippen LogP contribution in [0.25, 0.3) is 0 Å². The highest BCUT2D eigenvalue weighted by atomic mass is 16.4. The van der Waals surface area contributed by atoms with Crippen LogP contribution in [0.5, 0.6) is 5.75 Å². The maximum Gasteiger partial charge on any atom is 0.326 e. The largest absolute Gasteiger partial charge is 0.508 e. The molecule has 35 nitrogen and oxygen atoms in total. The van der Waals surface area contributed by atoms with Crippen LogP contribution in [0.15, 0.2) is 24.3 Å². The molecule has 1 aromatic carbocycles. The molecule has 0 radical (unpaired) electrons. The molecule has 0 bridgehead atoms. The first-order valence-corrected chi connectivity index (χ1v) is 35.5. The monoisotopic (exact) mass is 1460 g/mol. The quantitative estimate of drug-likeness (QED) is 0.0283. The minimum atomic E-state index is -1.82. The zero-order valence-corrected chi connectivity index (χ0v) is 61.5. The minimum Gasteiger partial charge on any atom is -0.508 e. The van der Waals surface area contributed by atoms with Gasteiger partial charge in [0.25, 0.3) is 0 Å². The number of carbonyl (C=O) groups excluding carboxylic acids is 12. The minimum absolute atomic E-state index is 0.0564. The summed E-state index contributed by atoms with van der Waals surface area (Å²) in [5.41, 5.74) is 29.4. The van der Waals surface area contributed by atoms with Crippen LogP contribution in [-0.4, -0.2) is 214 Å². The van der Waals surface area contributed by atoms with E-state index in [9.17, 15) is 87.5 Å². The van der Waals surface area contributed by atoms with Gasteiger partial charge in [0.2, 0.25) is 70.9 Å². The highest BCUT2D eigenvalue weighted by Crippen LogP contribution is 2.16. The van der Waals surface area contributed by atoms with Gasteiger partial charge in [-0.15, -0.1) is 0 Å². The lowest BCUT2D eigenvalue weighted by Crippen LogP contribution is -2.62. The number of hydrogen-bond donors (Lipinski definition) is 21. The van der Waals surface area contributed by atoms with E-state index in [-0.39, 0.29) is 44.5 Å². The van der Waals surface area contributed by atoms with Crippen molar-refractivity contribution in [3.05, 3.63) is 29.8 Å². The molecule has 1 aromatic rings. The number of unbranched alkanes of at least 4 members (excludes halogenated alkanes) is 4. The standard InChI is InChI=1S/C68H119N17O18/c1-35(2)51(83-66(100)53(37(5)6)81-61(95)47(23-15-19-33-72)78-60(94)46(22-14-18-32-71)77-59(93)45(21-13-17-31-70)76-58(92)44(73)20-12-16-30-69)64(98)75-39(9)56(90)74-40(10)57(91)85-55(41(11)86)67(101)80-49(34-42-24-26-43(87)27-25-42)63(97)82-52(36(3)4)65(99)79-48(28-29-50(88)89)62(96)84-54(38(7)8)68(102)103/h24-27,35-41,44-49,51-55,86-87H,12-23,28-34,69-73H2,1-11H3,(H,74,90)(H,75,98)(H,76,92)(H,77,93)(H,78,94)(H,79,99)(H,80,101)(H,81,95)(H,82,97)(H,83,100)(H,84,96)(H,85,91)(H,88,89)(H,102,103)/t39-,40-,41+,44-,45-,46-,47-,48-,49-,51-,52-,53-,54-,55-/m0/s1. The number of phenols is 1.